The van der Waals surface area contributed by atoms with E-state index in [-0.39, 0.29) is 0 Å². The highest BCUT2D eigenvalue weighted by Gasteiger charge is 2.17. The first kappa shape index (κ1) is 20.7. The predicted octanol–water partition coefficient (Wildman–Crippen LogP) is 6.10. The van der Waals surface area contributed by atoms with Crippen LogP contribution in [0.3, 0.4) is 0 Å². The van der Waals surface area contributed by atoms with Crippen molar-refractivity contribution in [3.63, 3.8) is 0 Å². The zero-order valence-corrected chi connectivity index (χ0v) is 18.6. The second-order valence-corrected chi connectivity index (χ2v) is 9.74. The quantitative estimate of drug-likeness (QED) is 0.566. The van der Waals surface area contributed by atoms with Gasteiger partial charge in [-0.3, -0.25) is 4.68 Å². The average Bonchev–Trinajstić information content (AvgIpc) is 3.19. The summed E-state index contributed by atoms with van der Waals surface area (Å²) < 4.78 is 2.16. The van der Waals surface area contributed by atoms with E-state index in [1.165, 1.54) is 94.1 Å². The smallest absolute Gasteiger partial charge is 0.0923 e. The Morgan fingerprint density at radius 3 is 2.52 bits per heavy atom. The largest absolute Gasteiger partial charge is 0.303 e. The van der Waals surface area contributed by atoms with Crippen molar-refractivity contribution in [3.05, 3.63) is 41.6 Å². The molecule has 2 heterocycles. The van der Waals surface area contributed by atoms with Gasteiger partial charge in [0.05, 0.1) is 5.69 Å². The molecule has 0 spiro atoms. The maximum atomic E-state index is 4.93. The molecule has 1 aromatic heterocycles. The molecule has 1 unspecified atom stereocenters. The molecule has 3 nitrogen and oxygen atoms in total. The Bertz CT molecular complexity index is 766. The Hall–Kier alpha value is -1.61. The predicted molar refractivity (Wildman–Crippen MR) is 122 cm³/mol. The summed E-state index contributed by atoms with van der Waals surface area (Å²) in [6.07, 6.45) is 14.7. The summed E-state index contributed by atoms with van der Waals surface area (Å²) in [5.74, 6) is 1.52. The lowest BCUT2D eigenvalue weighted by atomic mass is 9.83. The van der Waals surface area contributed by atoms with E-state index in [4.69, 9.17) is 5.10 Å². The van der Waals surface area contributed by atoms with Crippen molar-refractivity contribution < 1.29 is 0 Å². The third-order valence-electron chi connectivity index (χ3n) is 7.04. The highest BCUT2D eigenvalue weighted by atomic mass is 15.3. The van der Waals surface area contributed by atoms with Crippen molar-refractivity contribution in [3.8, 4) is 11.3 Å². The van der Waals surface area contributed by atoms with Gasteiger partial charge >= 0.3 is 0 Å². The van der Waals surface area contributed by atoms with Gasteiger partial charge in [0.1, 0.15) is 0 Å². The molecule has 1 aliphatic carbocycles. The standard InChI is InChI=1S/C26H39N3/c1-21(19-28-14-7-4-8-15-28)20-29-16-13-26(27-29)24-12-11-22(2)25(18-24)17-23-9-5-3-6-10-23/h11-13,16,18,21,23H,3-10,14-15,17,19-20H2,1-2H3. The fraction of sp³-hybridized carbons (Fsp3) is 0.654. The van der Waals surface area contributed by atoms with E-state index in [1.54, 1.807) is 0 Å². The molecule has 158 valence electrons. The molecule has 4 rings (SSSR count). The molecule has 2 aliphatic rings. The summed E-state index contributed by atoms with van der Waals surface area (Å²) in [4.78, 5) is 2.64. The van der Waals surface area contributed by atoms with Crippen LogP contribution in [0.4, 0.5) is 0 Å². The fourth-order valence-electron chi connectivity index (χ4n) is 5.33. The summed E-state index contributed by atoms with van der Waals surface area (Å²) in [7, 11) is 0. The summed E-state index contributed by atoms with van der Waals surface area (Å²) >= 11 is 0. The Kier molecular flexibility index (Phi) is 7.07. The van der Waals surface area contributed by atoms with Gasteiger partial charge in [-0.05, 0) is 74.4 Å². The van der Waals surface area contributed by atoms with Crippen LogP contribution in [0, 0.1) is 18.8 Å². The molecule has 1 saturated heterocycles. The molecular formula is C26H39N3. The van der Waals surface area contributed by atoms with Crippen LogP contribution in [0.5, 0.6) is 0 Å². The molecule has 1 atom stereocenters. The molecule has 3 heteroatoms. The first-order valence-corrected chi connectivity index (χ1v) is 12.0. The number of rotatable bonds is 7. The zero-order chi connectivity index (χ0) is 20.1. The van der Waals surface area contributed by atoms with Crippen molar-refractivity contribution in [2.24, 2.45) is 11.8 Å². The molecule has 2 fully saturated rings. The topological polar surface area (TPSA) is 21.1 Å². The highest BCUT2D eigenvalue weighted by molar-refractivity contribution is 5.60. The molecule has 2 aromatic rings. The van der Waals surface area contributed by atoms with Gasteiger partial charge in [0.15, 0.2) is 0 Å². The number of aromatic nitrogens is 2. The van der Waals surface area contributed by atoms with Crippen LogP contribution in [-0.2, 0) is 13.0 Å². The van der Waals surface area contributed by atoms with E-state index < -0.39 is 0 Å². The molecule has 1 aromatic carbocycles. The van der Waals surface area contributed by atoms with Gasteiger partial charge in [-0.1, -0.05) is 57.6 Å². The van der Waals surface area contributed by atoms with E-state index in [0.717, 1.165) is 18.2 Å². The Labute approximate surface area is 177 Å². The molecule has 0 amide bonds. The Balaban J connectivity index is 1.38. The molecule has 0 radical (unpaired) electrons. The number of benzene rings is 1. The number of nitrogens with zero attached hydrogens (tertiary/aromatic N) is 3. The van der Waals surface area contributed by atoms with Gasteiger partial charge in [-0.25, -0.2) is 0 Å². The molecule has 1 saturated carbocycles. The first-order chi connectivity index (χ1) is 14.2. The van der Waals surface area contributed by atoms with Crippen LogP contribution in [0.15, 0.2) is 30.5 Å². The summed E-state index contributed by atoms with van der Waals surface area (Å²) in [5.41, 5.74) is 5.38. The molecule has 0 N–H and O–H groups in total. The lowest BCUT2D eigenvalue weighted by Gasteiger charge is -2.29. The maximum Gasteiger partial charge on any atom is 0.0923 e. The molecular weight excluding hydrogens is 354 g/mol. The molecule has 29 heavy (non-hydrogen) atoms. The van der Waals surface area contributed by atoms with Gasteiger partial charge in [-0.15, -0.1) is 0 Å². The molecule has 0 bridgehead atoms. The van der Waals surface area contributed by atoms with Crippen molar-refractivity contribution >= 4 is 0 Å². The van der Waals surface area contributed by atoms with Gasteiger partial charge in [0.2, 0.25) is 0 Å². The maximum absolute atomic E-state index is 4.93. The first-order valence-electron chi connectivity index (χ1n) is 12.0. The second kappa shape index (κ2) is 9.93. The van der Waals surface area contributed by atoms with Crippen molar-refractivity contribution in [1.82, 2.24) is 14.7 Å². The van der Waals surface area contributed by atoms with Crippen LogP contribution < -0.4 is 0 Å². The SMILES string of the molecule is Cc1ccc(-c2ccn(CC(C)CN3CCCCC3)n2)cc1CC1CCCCC1. The highest BCUT2D eigenvalue weighted by Crippen LogP contribution is 2.29. The van der Waals surface area contributed by atoms with Crippen LogP contribution >= 0.6 is 0 Å². The van der Waals surface area contributed by atoms with E-state index in [2.05, 4.69) is 53.9 Å². The third kappa shape index (κ3) is 5.72. The van der Waals surface area contributed by atoms with E-state index in [9.17, 15) is 0 Å². The number of aryl methyl sites for hydroxylation is 1. The van der Waals surface area contributed by atoms with Crippen LogP contribution in [0.2, 0.25) is 0 Å². The van der Waals surface area contributed by atoms with Crippen molar-refractivity contribution in [2.45, 2.75) is 78.2 Å². The summed E-state index contributed by atoms with van der Waals surface area (Å²) in [6, 6.07) is 9.16. The number of likely N-dealkylation sites (tertiary alicyclic amines) is 1. The second-order valence-electron chi connectivity index (χ2n) is 9.74. The van der Waals surface area contributed by atoms with Crippen LogP contribution in [0.25, 0.3) is 11.3 Å². The van der Waals surface area contributed by atoms with E-state index >= 15 is 0 Å². The lowest BCUT2D eigenvalue weighted by molar-refractivity contribution is 0.191. The normalized spacial score (nSPS) is 20.1. The third-order valence-corrected chi connectivity index (χ3v) is 7.04. The van der Waals surface area contributed by atoms with Crippen LogP contribution in [-0.4, -0.2) is 34.3 Å². The minimum Gasteiger partial charge on any atom is -0.303 e. The van der Waals surface area contributed by atoms with Crippen molar-refractivity contribution in [2.75, 3.05) is 19.6 Å². The van der Waals surface area contributed by atoms with Crippen molar-refractivity contribution in [1.29, 1.82) is 0 Å². The number of hydrogen-bond acceptors (Lipinski definition) is 2. The van der Waals surface area contributed by atoms with E-state index in [0.29, 0.717) is 5.92 Å². The number of hydrogen-bond donors (Lipinski definition) is 0. The van der Waals surface area contributed by atoms with Gasteiger partial charge < -0.3 is 4.90 Å². The molecule has 1 aliphatic heterocycles. The lowest BCUT2D eigenvalue weighted by Crippen LogP contribution is -2.34. The van der Waals surface area contributed by atoms with Gasteiger partial charge in [0, 0.05) is 24.8 Å². The van der Waals surface area contributed by atoms with E-state index in [1.807, 2.05) is 0 Å². The Morgan fingerprint density at radius 2 is 1.72 bits per heavy atom. The average molecular weight is 394 g/mol. The van der Waals surface area contributed by atoms with Gasteiger partial charge in [0.25, 0.3) is 0 Å². The summed E-state index contributed by atoms with van der Waals surface area (Å²) in [5, 5.41) is 4.93. The fourth-order valence-corrected chi connectivity index (χ4v) is 5.33. The Morgan fingerprint density at radius 1 is 0.966 bits per heavy atom. The monoisotopic (exact) mass is 393 g/mol. The zero-order valence-electron chi connectivity index (χ0n) is 18.6. The minimum absolute atomic E-state index is 0.640. The number of piperidine rings is 1. The van der Waals surface area contributed by atoms with Gasteiger partial charge in [-0.2, -0.15) is 5.10 Å². The van der Waals surface area contributed by atoms with Crippen LogP contribution in [0.1, 0.15) is 69.4 Å². The summed E-state index contributed by atoms with van der Waals surface area (Å²) in [6.45, 7) is 9.40. The minimum atomic E-state index is 0.640.